The average Bonchev–Trinajstić information content (AvgIpc) is 3.20. The zero-order valence-electron chi connectivity index (χ0n) is 23.9. The van der Waals surface area contributed by atoms with E-state index in [-0.39, 0.29) is 0 Å². The highest BCUT2D eigenvalue weighted by molar-refractivity contribution is 7.78. The van der Waals surface area contributed by atoms with E-state index in [1.807, 2.05) is 0 Å². The Balaban J connectivity index is 1.32. The number of ether oxygens (including phenoxy) is 3. The van der Waals surface area contributed by atoms with Crippen LogP contribution < -0.4 is 0 Å². The molecule has 206 valence electrons. The summed E-state index contributed by atoms with van der Waals surface area (Å²) in [6, 6.07) is 0. The van der Waals surface area contributed by atoms with Crippen molar-refractivity contribution in [1.29, 1.82) is 0 Å². The first-order valence-corrected chi connectivity index (χ1v) is 15.7. The molecular formula is C32H54O3S. The largest absolute Gasteiger partial charge is 0.487 e. The summed E-state index contributed by atoms with van der Waals surface area (Å²) < 4.78 is 16.9. The number of hydrogen-bond donors (Lipinski definition) is 0. The fourth-order valence-corrected chi connectivity index (χ4v) is 9.42. The third-order valence-corrected chi connectivity index (χ3v) is 11.4. The molecule has 0 bridgehead atoms. The van der Waals surface area contributed by atoms with Crippen LogP contribution in [0.25, 0.3) is 0 Å². The maximum atomic E-state index is 6.26. The quantitative estimate of drug-likeness (QED) is 0.139. The van der Waals surface area contributed by atoms with E-state index >= 15 is 0 Å². The number of fused-ring (bicyclic) bond motifs is 5. The van der Waals surface area contributed by atoms with Gasteiger partial charge in [-0.2, -0.15) is 0 Å². The van der Waals surface area contributed by atoms with Crippen molar-refractivity contribution in [3.8, 4) is 0 Å². The normalized spacial score (nSPS) is 38.6. The summed E-state index contributed by atoms with van der Waals surface area (Å²) in [5, 5.41) is 0. The lowest BCUT2D eigenvalue weighted by molar-refractivity contribution is -0.0682. The van der Waals surface area contributed by atoms with Crippen LogP contribution in [0.15, 0.2) is 11.6 Å². The van der Waals surface area contributed by atoms with Gasteiger partial charge in [0.25, 0.3) is 0 Å². The molecule has 3 nitrogen and oxygen atoms in total. The molecule has 0 heterocycles. The first-order valence-electron chi connectivity index (χ1n) is 15.2. The van der Waals surface area contributed by atoms with Gasteiger partial charge >= 0.3 is 0 Å². The molecular weight excluding hydrogens is 464 g/mol. The standard InChI is InChI=1S/C32H54O3S/c1-23(2)7-6-8-24(3)28-11-12-29-27-10-9-25-21-26(35-20-19-33-17-18-34-22-36)13-15-31(25,4)30(27)14-16-32(28,29)5/h9,22-24,26-30H,6-8,10-21H2,1-5H3/t24-,26+,27+,28-,29+,30+,31+,32-/m1/s1. The molecule has 0 unspecified atom stereocenters. The van der Waals surface area contributed by atoms with Gasteiger partial charge in [-0.1, -0.05) is 65.5 Å². The molecule has 0 spiro atoms. The van der Waals surface area contributed by atoms with Crippen molar-refractivity contribution >= 4 is 17.8 Å². The highest BCUT2D eigenvalue weighted by Gasteiger charge is 2.59. The van der Waals surface area contributed by atoms with Gasteiger partial charge in [0.2, 0.25) is 0 Å². The number of allylic oxidation sites excluding steroid dienone is 1. The summed E-state index contributed by atoms with van der Waals surface area (Å²) in [5.74, 6) is 5.42. The molecule has 0 aromatic carbocycles. The molecule has 4 aliphatic rings. The molecule has 4 rings (SSSR count). The predicted molar refractivity (Wildman–Crippen MR) is 153 cm³/mol. The van der Waals surface area contributed by atoms with Crippen molar-refractivity contribution in [2.24, 2.45) is 46.3 Å². The molecule has 0 N–H and O–H groups in total. The van der Waals surface area contributed by atoms with Gasteiger partial charge in [-0.3, -0.25) is 0 Å². The van der Waals surface area contributed by atoms with Crippen LogP contribution in [0.1, 0.15) is 105 Å². The van der Waals surface area contributed by atoms with Gasteiger partial charge in [-0.05, 0) is 110 Å². The predicted octanol–water partition coefficient (Wildman–Crippen LogP) is 8.40. The van der Waals surface area contributed by atoms with E-state index in [0.29, 0.717) is 43.4 Å². The molecule has 36 heavy (non-hydrogen) atoms. The van der Waals surface area contributed by atoms with Gasteiger partial charge < -0.3 is 14.2 Å². The summed E-state index contributed by atoms with van der Waals surface area (Å²) in [5.41, 5.74) is 4.00. The number of hydrogen-bond acceptors (Lipinski definition) is 4. The summed E-state index contributed by atoms with van der Waals surface area (Å²) in [7, 11) is 0. The maximum Gasteiger partial charge on any atom is 0.146 e. The zero-order valence-corrected chi connectivity index (χ0v) is 24.8. The highest BCUT2D eigenvalue weighted by atomic mass is 32.1. The van der Waals surface area contributed by atoms with Crippen LogP contribution in [0.5, 0.6) is 0 Å². The third-order valence-electron chi connectivity index (χ3n) is 11.3. The van der Waals surface area contributed by atoms with Gasteiger partial charge in [0, 0.05) is 0 Å². The Morgan fingerprint density at radius 2 is 1.78 bits per heavy atom. The van der Waals surface area contributed by atoms with Gasteiger partial charge in [0.05, 0.1) is 25.9 Å². The highest BCUT2D eigenvalue weighted by Crippen LogP contribution is 2.67. The number of rotatable bonds is 13. The SMILES string of the molecule is CC(C)CCC[C@@H](C)[C@H]1CC[C@H]2[C@@H]3CC=C4C[C@@H](OCCOCCOC=S)CC[C@]4(C)[C@H]3CC[C@]12C. The van der Waals surface area contributed by atoms with Crippen LogP contribution in [-0.4, -0.2) is 38.1 Å². The van der Waals surface area contributed by atoms with Gasteiger partial charge in [-0.25, -0.2) is 0 Å². The van der Waals surface area contributed by atoms with Crippen molar-refractivity contribution in [3.63, 3.8) is 0 Å². The molecule has 8 atom stereocenters. The second-order valence-corrected chi connectivity index (χ2v) is 13.8. The van der Waals surface area contributed by atoms with Gasteiger partial charge in [0.1, 0.15) is 12.2 Å². The van der Waals surface area contributed by atoms with Crippen molar-refractivity contribution in [3.05, 3.63) is 11.6 Å². The van der Waals surface area contributed by atoms with E-state index in [1.54, 1.807) is 5.57 Å². The fraction of sp³-hybridized carbons (Fsp3) is 0.906. The second kappa shape index (κ2) is 12.6. The Hall–Kier alpha value is -0.450. The molecule has 4 heteroatoms. The Labute approximate surface area is 227 Å². The van der Waals surface area contributed by atoms with Crippen LogP contribution in [0.2, 0.25) is 0 Å². The lowest BCUT2D eigenvalue weighted by Gasteiger charge is -2.58. The van der Waals surface area contributed by atoms with Crippen molar-refractivity contribution < 1.29 is 14.2 Å². The smallest absolute Gasteiger partial charge is 0.146 e. The monoisotopic (exact) mass is 518 g/mol. The van der Waals surface area contributed by atoms with Crippen molar-refractivity contribution in [2.75, 3.05) is 26.4 Å². The van der Waals surface area contributed by atoms with E-state index in [2.05, 4.69) is 52.9 Å². The Kier molecular flexibility index (Phi) is 10.00. The molecule has 0 aliphatic heterocycles. The maximum absolute atomic E-state index is 6.26. The summed E-state index contributed by atoms with van der Waals surface area (Å²) in [6.45, 7) is 15.1. The zero-order chi connectivity index (χ0) is 25.8. The van der Waals surface area contributed by atoms with Crippen LogP contribution >= 0.6 is 12.2 Å². The van der Waals surface area contributed by atoms with Crippen LogP contribution in [0, 0.1) is 46.3 Å². The Bertz CT molecular complexity index is 750. The molecule has 3 fully saturated rings. The molecule has 3 saturated carbocycles. The number of thiocarbonyl (C=S) groups is 1. The molecule has 0 radical (unpaired) electrons. The van der Waals surface area contributed by atoms with Gasteiger partial charge in [0.15, 0.2) is 0 Å². The van der Waals surface area contributed by atoms with Crippen molar-refractivity contribution in [1.82, 2.24) is 0 Å². The summed E-state index contributed by atoms with van der Waals surface area (Å²) in [4.78, 5) is 0. The molecule has 0 amide bonds. The van der Waals surface area contributed by atoms with E-state index < -0.39 is 0 Å². The minimum Gasteiger partial charge on any atom is -0.487 e. The van der Waals surface area contributed by atoms with Crippen LogP contribution in [0.3, 0.4) is 0 Å². The first kappa shape index (κ1) is 28.6. The van der Waals surface area contributed by atoms with Gasteiger partial charge in [-0.15, -0.1) is 0 Å². The Morgan fingerprint density at radius 1 is 0.972 bits per heavy atom. The summed E-state index contributed by atoms with van der Waals surface area (Å²) in [6.07, 6.45) is 18.1. The molecule has 0 aromatic heterocycles. The van der Waals surface area contributed by atoms with Crippen LogP contribution in [-0.2, 0) is 14.2 Å². The lowest BCUT2D eigenvalue weighted by atomic mass is 9.47. The minimum atomic E-state index is 0.359. The van der Waals surface area contributed by atoms with E-state index in [0.717, 1.165) is 41.9 Å². The molecule has 0 aromatic rings. The van der Waals surface area contributed by atoms with E-state index in [9.17, 15) is 0 Å². The average molecular weight is 519 g/mol. The fourth-order valence-electron chi connectivity index (χ4n) is 9.33. The third kappa shape index (κ3) is 6.07. The molecule has 4 aliphatic carbocycles. The summed E-state index contributed by atoms with van der Waals surface area (Å²) >= 11 is 4.66. The Morgan fingerprint density at radius 3 is 2.56 bits per heavy atom. The minimum absolute atomic E-state index is 0.359. The topological polar surface area (TPSA) is 27.7 Å². The molecule has 0 saturated heterocycles. The van der Waals surface area contributed by atoms with E-state index in [1.165, 1.54) is 69.8 Å². The van der Waals surface area contributed by atoms with E-state index in [4.69, 9.17) is 14.2 Å². The van der Waals surface area contributed by atoms with Crippen molar-refractivity contribution in [2.45, 2.75) is 111 Å². The van der Waals surface area contributed by atoms with Crippen LogP contribution in [0.4, 0.5) is 0 Å². The second-order valence-electron chi connectivity index (χ2n) is 13.6. The first-order chi connectivity index (χ1) is 17.3. The lowest BCUT2D eigenvalue weighted by Crippen LogP contribution is -2.51.